The minimum absolute atomic E-state index is 0.0284. The first-order valence-electron chi connectivity index (χ1n) is 8.62. The molecule has 1 heterocycles. The minimum Gasteiger partial charge on any atom is -0.369 e. The normalized spacial score (nSPS) is 12.8. The molecule has 1 aromatic heterocycles. The summed E-state index contributed by atoms with van der Waals surface area (Å²) < 4.78 is 28.0. The number of aromatic nitrogens is 1. The molecule has 2 amide bonds. The molecule has 28 heavy (non-hydrogen) atoms. The molecule has 0 saturated heterocycles. The summed E-state index contributed by atoms with van der Waals surface area (Å²) in [6.07, 6.45) is -0.0284. The third kappa shape index (κ3) is 5.60. The van der Waals surface area contributed by atoms with E-state index in [2.05, 4.69) is 15.0 Å². The number of nitrogens with one attached hydrogen (secondary N) is 2. The highest BCUT2D eigenvalue weighted by molar-refractivity contribution is 7.89. The summed E-state index contributed by atoms with van der Waals surface area (Å²) in [5.41, 5.74) is 7.40. The van der Waals surface area contributed by atoms with Crippen molar-refractivity contribution in [2.75, 3.05) is 5.32 Å². The van der Waals surface area contributed by atoms with Crippen molar-refractivity contribution in [3.05, 3.63) is 40.4 Å². The first kappa shape index (κ1) is 22.0. The number of carbonyl (C=O) groups excluding carboxylic acids is 2. The Hall–Kier alpha value is -2.30. The van der Waals surface area contributed by atoms with Crippen LogP contribution < -0.4 is 15.8 Å². The lowest BCUT2D eigenvalue weighted by molar-refractivity contribution is -0.119. The van der Waals surface area contributed by atoms with Gasteiger partial charge in [0.05, 0.1) is 17.0 Å². The highest BCUT2D eigenvalue weighted by Gasteiger charge is 2.29. The number of hydrogen-bond donors (Lipinski definition) is 3. The van der Waals surface area contributed by atoms with E-state index in [1.165, 1.54) is 6.07 Å². The molecule has 0 unspecified atom stereocenters. The van der Waals surface area contributed by atoms with Crippen molar-refractivity contribution in [2.45, 2.75) is 45.1 Å². The number of thiazole rings is 1. The van der Waals surface area contributed by atoms with Gasteiger partial charge in [0.2, 0.25) is 21.8 Å². The Morgan fingerprint density at radius 2 is 1.89 bits per heavy atom. The molecule has 8 nitrogen and oxygen atoms in total. The Bertz CT molecular complexity index is 983. The molecular formula is C18H24N4O4S2. The average Bonchev–Trinajstić information content (AvgIpc) is 3.00. The predicted octanol–water partition coefficient (Wildman–Crippen LogP) is 1.73. The van der Waals surface area contributed by atoms with Crippen LogP contribution in [-0.4, -0.2) is 31.3 Å². The van der Waals surface area contributed by atoms with E-state index in [9.17, 15) is 18.0 Å². The minimum atomic E-state index is -3.88. The lowest BCUT2D eigenvalue weighted by atomic mass is 10.1. The van der Waals surface area contributed by atoms with E-state index in [1.807, 2.05) is 13.8 Å². The van der Waals surface area contributed by atoms with Crippen LogP contribution in [0.25, 0.3) is 0 Å². The molecule has 1 aromatic carbocycles. The Morgan fingerprint density at radius 3 is 2.46 bits per heavy atom. The van der Waals surface area contributed by atoms with Gasteiger partial charge in [-0.15, -0.1) is 11.3 Å². The number of nitrogens with two attached hydrogens (primary N) is 1. The first-order valence-corrected chi connectivity index (χ1v) is 11.0. The SMILES string of the molecule is Cc1ccc(S(=O)(=O)N[C@H](C(=O)Nc2nc(CC(N)=O)cs2)C(C)C)cc1C. The smallest absolute Gasteiger partial charge is 0.244 e. The van der Waals surface area contributed by atoms with Crippen LogP contribution in [0.2, 0.25) is 0 Å². The summed E-state index contributed by atoms with van der Waals surface area (Å²) in [6, 6.07) is 3.82. The number of sulfonamides is 1. The lowest BCUT2D eigenvalue weighted by Gasteiger charge is -2.21. The highest BCUT2D eigenvalue weighted by atomic mass is 32.2. The molecule has 2 rings (SSSR count). The van der Waals surface area contributed by atoms with Crippen molar-refractivity contribution in [3.63, 3.8) is 0 Å². The number of primary amides is 1. The number of benzene rings is 1. The lowest BCUT2D eigenvalue weighted by Crippen LogP contribution is -2.47. The number of aryl methyl sites for hydroxylation is 2. The van der Waals surface area contributed by atoms with Crippen LogP contribution in [-0.2, 0) is 26.0 Å². The fourth-order valence-corrected chi connectivity index (χ4v) is 4.56. The van der Waals surface area contributed by atoms with E-state index in [4.69, 9.17) is 5.73 Å². The number of anilines is 1. The Morgan fingerprint density at radius 1 is 1.21 bits per heavy atom. The second-order valence-electron chi connectivity index (χ2n) is 6.87. The molecular weight excluding hydrogens is 400 g/mol. The van der Waals surface area contributed by atoms with Crippen LogP contribution in [0, 0.1) is 19.8 Å². The topological polar surface area (TPSA) is 131 Å². The Kier molecular flexibility index (Phi) is 6.91. The van der Waals surface area contributed by atoms with Gasteiger partial charge in [-0.2, -0.15) is 4.72 Å². The molecule has 0 aliphatic heterocycles. The van der Waals surface area contributed by atoms with Crippen LogP contribution in [0.3, 0.4) is 0 Å². The van der Waals surface area contributed by atoms with Crippen molar-refractivity contribution in [3.8, 4) is 0 Å². The summed E-state index contributed by atoms with van der Waals surface area (Å²) in [4.78, 5) is 27.8. The standard InChI is InChI=1S/C18H24N4O4S2/c1-10(2)16(17(24)21-18-20-13(9-27-18)8-15(19)23)22-28(25,26)14-6-5-11(3)12(4)7-14/h5-7,9-10,16,22H,8H2,1-4H3,(H2,19,23)(H,20,21,24)/t16-/m0/s1. The summed E-state index contributed by atoms with van der Waals surface area (Å²) in [5, 5.41) is 4.49. The zero-order valence-corrected chi connectivity index (χ0v) is 17.8. The third-order valence-corrected chi connectivity index (χ3v) is 6.40. The highest BCUT2D eigenvalue weighted by Crippen LogP contribution is 2.19. The molecule has 0 fully saturated rings. The number of nitrogens with zero attached hydrogens (tertiary/aromatic N) is 1. The van der Waals surface area contributed by atoms with Gasteiger partial charge in [0, 0.05) is 5.38 Å². The zero-order chi connectivity index (χ0) is 21.1. The van der Waals surface area contributed by atoms with Crippen molar-refractivity contribution < 1.29 is 18.0 Å². The number of rotatable bonds is 8. The van der Waals surface area contributed by atoms with Crippen LogP contribution in [0.5, 0.6) is 0 Å². The first-order chi connectivity index (χ1) is 13.0. The second-order valence-corrected chi connectivity index (χ2v) is 9.44. The fraction of sp³-hybridized carbons (Fsp3) is 0.389. The number of hydrogen-bond acceptors (Lipinski definition) is 6. The molecule has 0 radical (unpaired) electrons. The van der Waals surface area contributed by atoms with E-state index in [1.54, 1.807) is 31.4 Å². The van der Waals surface area contributed by atoms with Crippen LogP contribution in [0.15, 0.2) is 28.5 Å². The molecule has 0 aliphatic carbocycles. The van der Waals surface area contributed by atoms with Crippen LogP contribution in [0.1, 0.15) is 30.7 Å². The molecule has 1 atom stereocenters. The van der Waals surface area contributed by atoms with Gasteiger partial charge in [0.15, 0.2) is 5.13 Å². The van der Waals surface area contributed by atoms with Gasteiger partial charge in [-0.25, -0.2) is 13.4 Å². The van der Waals surface area contributed by atoms with Gasteiger partial charge >= 0.3 is 0 Å². The van der Waals surface area contributed by atoms with E-state index < -0.39 is 27.9 Å². The second kappa shape index (κ2) is 8.80. The van der Waals surface area contributed by atoms with E-state index in [-0.39, 0.29) is 22.4 Å². The van der Waals surface area contributed by atoms with Crippen LogP contribution in [0.4, 0.5) is 5.13 Å². The summed E-state index contributed by atoms with van der Waals surface area (Å²) in [7, 11) is -3.88. The number of amides is 2. The van der Waals surface area contributed by atoms with Gasteiger partial charge < -0.3 is 11.1 Å². The van der Waals surface area contributed by atoms with Gasteiger partial charge in [0.1, 0.15) is 6.04 Å². The van der Waals surface area contributed by atoms with E-state index in [0.717, 1.165) is 22.5 Å². The fourth-order valence-electron chi connectivity index (χ4n) is 2.42. The summed E-state index contributed by atoms with van der Waals surface area (Å²) in [6.45, 7) is 7.21. The summed E-state index contributed by atoms with van der Waals surface area (Å²) >= 11 is 1.14. The molecule has 0 aliphatic rings. The van der Waals surface area contributed by atoms with Gasteiger partial charge in [-0.3, -0.25) is 9.59 Å². The zero-order valence-electron chi connectivity index (χ0n) is 16.1. The largest absolute Gasteiger partial charge is 0.369 e. The maximum absolute atomic E-state index is 12.7. The predicted molar refractivity (Wildman–Crippen MR) is 109 cm³/mol. The number of carbonyl (C=O) groups is 2. The van der Waals surface area contributed by atoms with Gasteiger partial charge in [-0.05, 0) is 43.0 Å². The average molecular weight is 425 g/mol. The molecule has 2 aromatic rings. The quantitative estimate of drug-likeness (QED) is 0.594. The third-order valence-electron chi connectivity index (χ3n) is 4.16. The van der Waals surface area contributed by atoms with Gasteiger partial charge in [0.25, 0.3) is 0 Å². The maximum Gasteiger partial charge on any atom is 0.244 e. The van der Waals surface area contributed by atoms with Crippen molar-refractivity contribution in [1.29, 1.82) is 0 Å². The molecule has 152 valence electrons. The van der Waals surface area contributed by atoms with Crippen molar-refractivity contribution in [2.24, 2.45) is 11.7 Å². The Balaban J connectivity index is 2.17. The molecule has 4 N–H and O–H groups in total. The maximum atomic E-state index is 12.7. The molecule has 0 saturated carbocycles. The van der Waals surface area contributed by atoms with E-state index in [0.29, 0.717) is 5.69 Å². The molecule has 0 spiro atoms. The molecule has 10 heteroatoms. The monoisotopic (exact) mass is 424 g/mol. The molecule has 0 bridgehead atoms. The van der Waals surface area contributed by atoms with Crippen molar-refractivity contribution in [1.82, 2.24) is 9.71 Å². The summed E-state index contributed by atoms with van der Waals surface area (Å²) in [5.74, 6) is -1.35. The Labute approximate surface area is 168 Å². The van der Waals surface area contributed by atoms with Gasteiger partial charge in [-0.1, -0.05) is 19.9 Å². The van der Waals surface area contributed by atoms with Crippen LogP contribution >= 0.6 is 11.3 Å². The van der Waals surface area contributed by atoms with E-state index >= 15 is 0 Å². The van der Waals surface area contributed by atoms with Crippen molar-refractivity contribution >= 4 is 38.3 Å².